The molecule has 35 heavy (non-hydrogen) atoms. The maximum absolute atomic E-state index is 14.6. The molecule has 1 saturated heterocycles. The molecule has 1 fully saturated rings. The molecule has 4 rings (SSSR count). The first-order valence-corrected chi connectivity index (χ1v) is 10.9. The van der Waals surface area contributed by atoms with Crippen LogP contribution >= 0.6 is 0 Å². The molecule has 184 valence electrons. The van der Waals surface area contributed by atoms with Crippen LogP contribution in [0.5, 0.6) is 5.75 Å². The molecule has 0 aliphatic carbocycles. The monoisotopic (exact) mass is 488 g/mol. The zero-order valence-corrected chi connectivity index (χ0v) is 18.6. The number of halogens is 3. The summed E-state index contributed by atoms with van der Waals surface area (Å²) in [6.45, 7) is 0.599. The summed E-state index contributed by atoms with van der Waals surface area (Å²) in [5, 5.41) is 25.4. The van der Waals surface area contributed by atoms with Gasteiger partial charge in [-0.1, -0.05) is 0 Å². The molecular weight excluding hydrogens is 465 g/mol. The lowest BCUT2D eigenvalue weighted by molar-refractivity contribution is 0.0166. The van der Waals surface area contributed by atoms with Crippen LogP contribution in [0, 0.1) is 11.3 Å². The fourth-order valence-electron chi connectivity index (χ4n) is 3.74. The van der Waals surface area contributed by atoms with Crippen LogP contribution in [0.3, 0.4) is 0 Å². The Morgan fingerprint density at radius 2 is 2.17 bits per heavy atom. The number of anilines is 2. The second kappa shape index (κ2) is 11.1. The Kier molecular flexibility index (Phi) is 7.74. The van der Waals surface area contributed by atoms with Crippen LogP contribution in [0.4, 0.5) is 24.8 Å². The zero-order chi connectivity index (χ0) is 24.8. The number of rotatable bonds is 9. The quantitative estimate of drug-likeness (QED) is 0.467. The normalized spacial score (nSPS) is 18.4. The van der Waals surface area contributed by atoms with Gasteiger partial charge >= 0.3 is 0 Å². The second-order valence-corrected chi connectivity index (χ2v) is 7.91. The van der Waals surface area contributed by atoms with Gasteiger partial charge in [0.25, 0.3) is 6.43 Å². The van der Waals surface area contributed by atoms with Gasteiger partial charge in [0.15, 0.2) is 5.82 Å². The van der Waals surface area contributed by atoms with Gasteiger partial charge in [-0.05, 0) is 24.6 Å². The van der Waals surface area contributed by atoms with E-state index < -0.39 is 25.2 Å². The van der Waals surface area contributed by atoms with Crippen molar-refractivity contribution >= 4 is 11.6 Å². The van der Waals surface area contributed by atoms with E-state index in [1.54, 1.807) is 18.2 Å². The number of nitriles is 1. The fraction of sp³-hybridized carbons (Fsp3) is 0.409. The van der Waals surface area contributed by atoms with Crippen molar-refractivity contribution < 1.29 is 23.0 Å². The Balaban J connectivity index is 1.46. The molecule has 10 nitrogen and oxygen atoms in total. The number of benzene rings is 1. The van der Waals surface area contributed by atoms with Crippen LogP contribution in [-0.2, 0) is 6.54 Å². The van der Waals surface area contributed by atoms with Gasteiger partial charge in [-0.25, -0.2) is 23.1 Å². The van der Waals surface area contributed by atoms with E-state index in [1.165, 1.54) is 18.7 Å². The highest BCUT2D eigenvalue weighted by Gasteiger charge is 2.31. The molecule has 2 aromatic heterocycles. The number of β-amino-alcohol motifs (C(OH)–C–C–N with tert-alkyl or cyclic N) is 1. The van der Waals surface area contributed by atoms with Crippen molar-refractivity contribution in [2.24, 2.45) is 0 Å². The van der Waals surface area contributed by atoms with Crippen molar-refractivity contribution in [1.82, 2.24) is 29.6 Å². The summed E-state index contributed by atoms with van der Waals surface area (Å²) in [7, 11) is 0. The molecule has 1 aliphatic heterocycles. The highest BCUT2D eigenvalue weighted by Crippen LogP contribution is 2.28. The molecule has 0 amide bonds. The smallest absolute Gasteiger partial charge is 0.257 e. The number of aliphatic hydroxyl groups excluding tert-OH is 1. The topological polar surface area (TPSA) is 125 Å². The van der Waals surface area contributed by atoms with Gasteiger partial charge in [-0.3, -0.25) is 9.58 Å². The molecule has 0 unspecified atom stereocenters. The number of likely N-dealkylation sites (tertiary alicyclic amines) is 1. The van der Waals surface area contributed by atoms with E-state index in [9.17, 15) is 18.4 Å². The summed E-state index contributed by atoms with van der Waals surface area (Å²) < 4.78 is 46.5. The number of nitrogens with zero attached hydrogens (tertiary/aromatic N) is 7. The van der Waals surface area contributed by atoms with E-state index in [2.05, 4.69) is 31.4 Å². The maximum atomic E-state index is 14.6. The highest BCUT2D eigenvalue weighted by molar-refractivity contribution is 5.63. The number of alkyl halides is 3. The van der Waals surface area contributed by atoms with Gasteiger partial charge in [0.1, 0.15) is 37.0 Å². The van der Waals surface area contributed by atoms with E-state index >= 15 is 0 Å². The summed E-state index contributed by atoms with van der Waals surface area (Å²) in [6.07, 6.45) is 0.0244. The van der Waals surface area contributed by atoms with Gasteiger partial charge in [0, 0.05) is 31.4 Å². The van der Waals surface area contributed by atoms with Crippen molar-refractivity contribution in [2.75, 3.05) is 31.6 Å². The Labute approximate surface area is 199 Å². The van der Waals surface area contributed by atoms with Gasteiger partial charge in [-0.2, -0.15) is 15.3 Å². The summed E-state index contributed by atoms with van der Waals surface area (Å²) in [5.41, 5.74) is 1.15. The van der Waals surface area contributed by atoms with Gasteiger partial charge in [0.05, 0.1) is 24.1 Å². The molecule has 0 saturated carbocycles. The number of hydrogen-bond donors (Lipinski definition) is 2. The largest absolute Gasteiger partial charge is 0.486 e. The van der Waals surface area contributed by atoms with Crippen LogP contribution in [-0.4, -0.2) is 79.7 Å². The van der Waals surface area contributed by atoms with E-state index in [-0.39, 0.29) is 36.2 Å². The Hall–Kier alpha value is -3.76. The van der Waals surface area contributed by atoms with Gasteiger partial charge in [-0.15, -0.1) is 0 Å². The first-order chi connectivity index (χ1) is 16.9. The van der Waals surface area contributed by atoms with Crippen molar-refractivity contribution in [3.63, 3.8) is 0 Å². The van der Waals surface area contributed by atoms with E-state index in [0.29, 0.717) is 30.8 Å². The average molecular weight is 488 g/mol. The summed E-state index contributed by atoms with van der Waals surface area (Å²) in [6, 6.07) is 6.84. The lowest BCUT2D eigenvalue weighted by atomic mass is 10.0. The van der Waals surface area contributed by atoms with Crippen molar-refractivity contribution in [1.29, 1.82) is 5.26 Å². The predicted molar refractivity (Wildman–Crippen MR) is 119 cm³/mol. The van der Waals surface area contributed by atoms with Gasteiger partial charge in [0.2, 0.25) is 5.95 Å². The standard InChI is InChI=1S/C22H23F3N8O2/c23-17-11-32(5-6-34)4-3-19(17)35-18-2-1-14(7-15(18)8-26)21-27-13-28-22(31-21)30-16-9-29-33(10-16)12-20(24)25/h1-2,7,9-10,13,17,19-20,34H,3-6,11-12H2,(H,27,28,30,31)/t17-,19+/m1/s1. The molecule has 2 atom stereocenters. The minimum Gasteiger partial charge on any atom is -0.486 e. The number of aliphatic hydroxyl groups is 1. The first-order valence-electron chi connectivity index (χ1n) is 10.9. The lowest BCUT2D eigenvalue weighted by Crippen LogP contribution is -2.47. The number of ether oxygens (including phenoxy) is 1. The maximum Gasteiger partial charge on any atom is 0.257 e. The molecule has 2 N–H and O–H groups in total. The molecule has 1 aliphatic rings. The molecule has 13 heteroatoms. The number of aromatic nitrogens is 5. The second-order valence-electron chi connectivity index (χ2n) is 7.91. The summed E-state index contributed by atoms with van der Waals surface area (Å²) in [4.78, 5) is 14.3. The average Bonchev–Trinajstić information content (AvgIpc) is 3.27. The Bertz CT molecular complexity index is 1190. The van der Waals surface area contributed by atoms with Crippen LogP contribution in [0.25, 0.3) is 11.4 Å². The van der Waals surface area contributed by atoms with E-state index in [4.69, 9.17) is 9.84 Å². The molecule has 0 spiro atoms. The van der Waals surface area contributed by atoms with Gasteiger partial charge < -0.3 is 15.2 Å². The third-order valence-corrected chi connectivity index (χ3v) is 5.40. The molecule has 3 heterocycles. The van der Waals surface area contributed by atoms with Crippen LogP contribution in [0.1, 0.15) is 12.0 Å². The SMILES string of the molecule is N#Cc1cc(-c2ncnc(Nc3cnn(CC(F)F)c3)n2)ccc1O[C@H]1CCN(CCO)C[C@H]1F. The minimum atomic E-state index is -2.53. The third kappa shape index (κ3) is 6.23. The number of hydrogen-bond acceptors (Lipinski definition) is 9. The molecule has 3 aromatic rings. The van der Waals surface area contributed by atoms with Crippen molar-refractivity contribution in [3.8, 4) is 23.2 Å². The highest BCUT2D eigenvalue weighted by atomic mass is 19.3. The predicted octanol–water partition coefficient (Wildman–Crippen LogP) is 2.40. The fourth-order valence-corrected chi connectivity index (χ4v) is 3.74. The summed E-state index contributed by atoms with van der Waals surface area (Å²) in [5.74, 6) is 0.699. The van der Waals surface area contributed by atoms with Crippen LogP contribution in [0.15, 0.2) is 36.9 Å². The lowest BCUT2D eigenvalue weighted by Gasteiger charge is -2.34. The number of nitrogens with one attached hydrogen (secondary N) is 1. The molecule has 0 bridgehead atoms. The first kappa shape index (κ1) is 24.4. The minimum absolute atomic E-state index is 0.0328. The molecule has 0 radical (unpaired) electrons. The van der Waals surface area contributed by atoms with E-state index in [1.807, 2.05) is 4.90 Å². The van der Waals surface area contributed by atoms with Crippen LogP contribution in [0.2, 0.25) is 0 Å². The molecule has 1 aromatic carbocycles. The van der Waals surface area contributed by atoms with E-state index in [0.717, 1.165) is 4.68 Å². The number of piperidine rings is 1. The van der Waals surface area contributed by atoms with Crippen LogP contribution < -0.4 is 10.1 Å². The Morgan fingerprint density at radius 3 is 2.91 bits per heavy atom. The summed E-state index contributed by atoms with van der Waals surface area (Å²) >= 11 is 0. The Morgan fingerprint density at radius 1 is 1.31 bits per heavy atom. The van der Waals surface area contributed by atoms with Crippen molar-refractivity contribution in [2.45, 2.75) is 31.7 Å². The third-order valence-electron chi connectivity index (χ3n) is 5.40. The molecular formula is C22H23F3N8O2. The zero-order valence-electron chi connectivity index (χ0n) is 18.6. The van der Waals surface area contributed by atoms with Crippen molar-refractivity contribution in [3.05, 3.63) is 42.5 Å².